The molecule has 0 saturated carbocycles. The van der Waals surface area contributed by atoms with Crippen LogP contribution in [0.5, 0.6) is 11.5 Å². The van der Waals surface area contributed by atoms with Gasteiger partial charge in [0.1, 0.15) is 0 Å². The van der Waals surface area contributed by atoms with Crippen molar-refractivity contribution in [3.63, 3.8) is 0 Å². The molecule has 0 bridgehead atoms. The van der Waals surface area contributed by atoms with Crippen molar-refractivity contribution in [3.05, 3.63) is 23.8 Å². The molecule has 1 aliphatic heterocycles. The number of ether oxygens (including phenoxy) is 2. The van der Waals surface area contributed by atoms with Gasteiger partial charge >= 0.3 is 0 Å². The number of hydrazine groups is 1. The zero-order valence-corrected chi connectivity index (χ0v) is 11.1. The molecule has 1 aliphatic rings. The second-order valence-corrected chi connectivity index (χ2v) is 4.50. The number of rotatable bonds is 4. The maximum atomic E-state index is 5.74. The predicted octanol–water partition coefficient (Wildman–Crippen LogP) is 0.695. The molecule has 100 valence electrons. The van der Waals surface area contributed by atoms with E-state index in [2.05, 4.69) is 11.0 Å². The molecule has 1 heterocycles. The lowest BCUT2D eigenvalue weighted by atomic mass is 10.1. The number of nitrogens with two attached hydrogens (primary N) is 1. The molecule has 0 amide bonds. The maximum Gasteiger partial charge on any atom is 0.161 e. The van der Waals surface area contributed by atoms with Crippen molar-refractivity contribution in [2.45, 2.75) is 6.54 Å². The van der Waals surface area contributed by atoms with Gasteiger partial charge in [0.25, 0.3) is 0 Å². The highest BCUT2D eigenvalue weighted by molar-refractivity contribution is 5.42. The molecule has 1 saturated heterocycles. The van der Waals surface area contributed by atoms with Crippen molar-refractivity contribution in [2.75, 3.05) is 40.4 Å². The van der Waals surface area contributed by atoms with E-state index < -0.39 is 0 Å². The number of methoxy groups -OCH3 is 2. The van der Waals surface area contributed by atoms with Crippen LogP contribution in [-0.4, -0.2) is 50.3 Å². The van der Waals surface area contributed by atoms with Crippen LogP contribution in [0.15, 0.2) is 18.2 Å². The van der Waals surface area contributed by atoms with Gasteiger partial charge in [0, 0.05) is 32.7 Å². The molecule has 5 nitrogen and oxygen atoms in total. The van der Waals surface area contributed by atoms with Crippen LogP contribution in [0, 0.1) is 0 Å². The standard InChI is InChI=1S/C13H21N3O2/c1-17-12-4-3-11(9-13(12)18-2)10-15-5-7-16(14)8-6-15/h3-4,9H,5-8,10,14H2,1-2H3. The molecule has 2 N–H and O–H groups in total. The first kappa shape index (κ1) is 13.1. The van der Waals surface area contributed by atoms with Gasteiger partial charge < -0.3 is 9.47 Å². The lowest BCUT2D eigenvalue weighted by Crippen LogP contribution is -2.48. The van der Waals surface area contributed by atoms with E-state index in [4.69, 9.17) is 15.3 Å². The summed E-state index contributed by atoms with van der Waals surface area (Å²) in [5, 5.41) is 1.87. The lowest BCUT2D eigenvalue weighted by molar-refractivity contribution is 0.128. The Morgan fingerprint density at radius 3 is 2.33 bits per heavy atom. The summed E-state index contributed by atoms with van der Waals surface area (Å²) in [6.45, 7) is 4.78. The molecule has 0 unspecified atom stereocenters. The van der Waals surface area contributed by atoms with Gasteiger partial charge in [-0.05, 0) is 17.7 Å². The Hall–Kier alpha value is -1.30. The summed E-state index contributed by atoms with van der Waals surface area (Å²) in [6, 6.07) is 6.07. The molecule has 2 rings (SSSR count). The zero-order valence-electron chi connectivity index (χ0n) is 11.1. The van der Waals surface area contributed by atoms with Gasteiger partial charge in [-0.2, -0.15) is 0 Å². The third-order valence-electron chi connectivity index (χ3n) is 3.26. The van der Waals surface area contributed by atoms with E-state index in [0.29, 0.717) is 0 Å². The minimum Gasteiger partial charge on any atom is -0.493 e. The Morgan fingerprint density at radius 1 is 1.06 bits per heavy atom. The van der Waals surface area contributed by atoms with E-state index in [1.807, 2.05) is 17.1 Å². The number of piperazine rings is 1. The average Bonchev–Trinajstić information content (AvgIpc) is 2.41. The fraction of sp³-hybridized carbons (Fsp3) is 0.538. The number of hydrogen-bond donors (Lipinski definition) is 1. The van der Waals surface area contributed by atoms with Crippen molar-refractivity contribution in [2.24, 2.45) is 5.84 Å². The molecule has 0 spiro atoms. The third kappa shape index (κ3) is 3.13. The first-order valence-electron chi connectivity index (χ1n) is 6.16. The fourth-order valence-electron chi connectivity index (χ4n) is 2.16. The maximum absolute atomic E-state index is 5.74. The highest BCUT2D eigenvalue weighted by atomic mass is 16.5. The SMILES string of the molecule is COc1ccc(CN2CCN(N)CC2)cc1OC. The smallest absolute Gasteiger partial charge is 0.161 e. The minimum atomic E-state index is 0.771. The van der Waals surface area contributed by atoms with E-state index >= 15 is 0 Å². The van der Waals surface area contributed by atoms with E-state index in [1.54, 1.807) is 14.2 Å². The van der Waals surface area contributed by atoms with Crippen LogP contribution >= 0.6 is 0 Å². The van der Waals surface area contributed by atoms with E-state index in [0.717, 1.165) is 44.2 Å². The fourth-order valence-corrected chi connectivity index (χ4v) is 2.16. The van der Waals surface area contributed by atoms with E-state index in [9.17, 15) is 0 Å². The molecule has 1 aromatic carbocycles. The number of nitrogens with zero attached hydrogens (tertiary/aromatic N) is 2. The highest BCUT2D eigenvalue weighted by Gasteiger charge is 2.15. The topological polar surface area (TPSA) is 51.0 Å². The molecule has 5 heteroatoms. The van der Waals surface area contributed by atoms with Gasteiger partial charge in [-0.25, -0.2) is 5.01 Å². The summed E-state index contributed by atoms with van der Waals surface area (Å²) in [7, 11) is 3.31. The van der Waals surface area contributed by atoms with Gasteiger partial charge in [0.05, 0.1) is 14.2 Å². The molecule has 1 aromatic rings. The Bertz CT molecular complexity index is 390. The van der Waals surface area contributed by atoms with Crippen LogP contribution in [-0.2, 0) is 6.54 Å². The van der Waals surface area contributed by atoms with Crippen LogP contribution in [0.3, 0.4) is 0 Å². The Morgan fingerprint density at radius 2 is 1.72 bits per heavy atom. The number of benzene rings is 1. The van der Waals surface area contributed by atoms with Gasteiger partial charge in [0.15, 0.2) is 11.5 Å². The van der Waals surface area contributed by atoms with Crippen molar-refractivity contribution in [1.29, 1.82) is 0 Å². The van der Waals surface area contributed by atoms with Gasteiger partial charge in [-0.3, -0.25) is 10.7 Å². The van der Waals surface area contributed by atoms with Crippen LogP contribution in [0.25, 0.3) is 0 Å². The van der Waals surface area contributed by atoms with Crippen LogP contribution in [0.2, 0.25) is 0 Å². The molecule has 1 fully saturated rings. The largest absolute Gasteiger partial charge is 0.493 e. The molecule has 0 aromatic heterocycles. The average molecular weight is 251 g/mol. The van der Waals surface area contributed by atoms with Crippen molar-refractivity contribution in [3.8, 4) is 11.5 Å². The summed E-state index contributed by atoms with van der Waals surface area (Å²) in [4.78, 5) is 2.39. The molecular formula is C13H21N3O2. The molecule has 0 aliphatic carbocycles. The quantitative estimate of drug-likeness (QED) is 0.798. The van der Waals surface area contributed by atoms with Crippen LogP contribution in [0.1, 0.15) is 5.56 Å². The van der Waals surface area contributed by atoms with Crippen LogP contribution in [0.4, 0.5) is 0 Å². The summed E-state index contributed by atoms with van der Waals surface area (Å²) in [6.07, 6.45) is 0. The second kappa shape index (κ2) is 6.04. The Kier molecular flexibility index (Phi) is 4.41. The summed E-state index contributed by atoms with van der Waals surface area (Å²) >= 11 is 0. The molecule has 18 heavy (non-hydrogen) atoms. The van der Waals surface area contributed by atoms with Crippen LogP contribution < -0.4 is 15.3 Å². The first-order valence-corrected chi connectivity index (χ1v) is 6.16. The summed E-state index contributed by atoms with van der Waals surface area (Å²) in [5.74, 6) is 7.30. The van der Waals surface area contributed by atoms with Gasteiger partial charge in [-0.15, -0.1) is 0 Å². The van der Waals surface area contributed by atoms with Gasteiger partial charge in [-0.1, -0.05) is 6.07 Å². The molecule has 0 atom stereocenters. The third-order valence-corrected chi connectivity index (χ3v) is 3.26. The van der Waals surface area contributed by atoms with E-state index in [-0.39, 0.29) is 0 Å². The Balaban J connectivity index is 2.01. The first-order chi connectivity index (χ1) is 8.72. The van der Waals surface area contributed by atoms with Crippen molar-refractivity contribution >= 4 is 0 Å². The summed E-state index contributed by atoms with van der Waals surface area (Å²) in [5.41, 5.74) is 1.23. The normalized spacial score (nSPS) is 17.7. The molecular weight excluding hydrogens is 230 g/mol. The van der Waals surface area contributed by atoms with Crippen molar-refractivity contribution in [1.82, 2.24) is 9.91 Å². The Labute approximate surface area is 108 Å². The second-order valence-electron chi connectivity index (χ2n) is 4.50. The zero-order chi connectivity index (χ0) is 13.0. The monoisotopic (exact) mass is 251 g/mol. The summed E-state index contributed by atoms with van der Waals surface area (Å²) < 4.78 is 10.5. The van der Waals surface area contributed by atoms with Crippen molar-refractivity contribution < 1.29 is 9.47 Å². The van der Waals surface area contributed by atoms with E-state index in [1.165, 1.54) is 5.56 Å². The predicted molar refractivity (Wildman–Crippen MR) is 70.6 cm³/mol. The van der Waals surface area contributed by atoms with Gasteiger partial charge in [0.2, 0.25) is 0 Å². The molecule has 0 radical (unpaired) electrons. The lowest BCUT2D eigenvalue weighted by Gasteiger charge is -2.32. The minimum absolute atomic E-state index is 0.771. The highest BCUT2D eigenvalue weighted by Crippen LogP contribution is 2.28. The number of hydrogen-bond acceptors (Lipinski definition) is 5.